The summed E-state index contributed by atoms with van der Waals surface area (Å²) in [4.78, 5) is 11.9. The summed E-state index contributed by atoms with van der Waals surface area (Å²) in [5.74, 6) is -0.107. The van der Waals surface area contributed by atoms with Crippen LogP contribution in [0.2, 0.25) is 0 Å². The van der Waals surface area contributed by atoms with Crippen molar-refractivity contribution in [1.29, 1.82) is 0 Å². The Morgan fingerprint density at radius 1 is 1.39 bits per heavy atom. The molecule has 5 nitrogen and oxygen atoms in total. The maximum Gasteiger partial charge on any atom is 0.282 e. The summed E-state index contributed by atoms with van der Waals surface area (Å²) < 4.78 is 0. The molecule has 6 heteroatoms. The van der Waals surface area contributed by atoms with Gasteiger partial charge in [-0.15, -0.1) is 10.2 Å². The van der Waals surface area contributed by atoms with E-state index >= 15 is 0 Å². The molecule has 1 aromatic heterocycles. The highest BCUT2D eigenvalue weighted by atomic mass is 32.1. The summed E-state index contributed by atoms with van der Waals surface area (Å²) in [5, 5.41) is 15.0. The summed E-state index contributed by atoms with van der Waals surface area (Å²) in [6.45, 7) is 5.75. The number of hydrogen-bond acceptors (Lipinski definition) is 5. The quantitative estimate of drug-likeness (QED) is 0.859. The molecule has 0 unspecified atom stereocenters. The highest BCUT2D eigenvalue weighted by Crippen LogP contribution is 2.36. The van der Waals surface area contributed by atoms with Gasteiger partial charge in [0.2, 0.25) is 10.1 Å². The van der Waals surface area contributed by atoms with Crippen molar-refractivity contribution in [2.75, 3.05) is 18.4 Å². The lowest BCUT2D eigenvalue weighted by molar-refractivity contribution is 0.0933. The van der Waals surface area contributed by atoms with Gasteiger partial charge in [0.15, 0.2) is 0 Å². The maximum absolute atomic E-state index is 11.9. The Bertz CT molecular complexity index is 412. The van der Waals surface area contributed by atoms with Gasteiger partial charge in [-0.1, -0.05) is 31.1 Å². The predicted molar refractivity (Wildman–Crippen MR) is 73.0 cm³/mol. The SMILES string of the molecule is CCNc1nnc(C(=O)NCC2(C)CCCC2)s1. The monoisotopic (exact) mass is 268 g/mol. The van der Waals surface area contributed by atoms with E-state index in [4.69, 9.17) is 0 Å². The summed E-state index contributed by atoms with van der Waals surface area (Å²) >= 11 is 1.30. The van der Waals surface area contributed by atoms with Crippen molar-refractivity contribution in [3.8, 4) is 0 Å². The fourth-order valence-electron chi connectivity index (χ4n) is 2.31. The molecular formula is C12H20N4OS. The van der Waals surface area contributed by atoms with E-state index in [2.05, 4.69) is 27.8 Å². The van der Waals surface area contributed by atoms with E-state index in [1.807, 2.05) is 6.92 Å². The molecule has 2 N–H and O–H groups in total. The highest BCUT2D eigenvalue weighted by Gasteiger charge is 2.29. The molecule has 0 spiro atoms. The minimum atomic E-state index is -0.107. The number of anilines is 1. The minimum Gasteiger partial charge on any atom is -0.360 e. The van der Waals surface area contributed by atoms with Gasteiger partial charge >= 0.3 is 0 Å². The van der Waals surface area contributed by atoms with Gasteiger partial charge < -0.3 is 10.6 Å². The number of nitrogens with one attached hydrogen (secondary N) is 2. The second-order valence-corrected chi connectivity index (χ2v) is 6.12. The van der Waals surface area contributed by atoms with Gasteiger partial charge in [-0.05, 0) is 25.2 Å². The number of amides is 1. The number of rotatable bonds is 5. The molecule has 18 heavy (non-hydrogen) atoms. The zero-order chi connectivity index (χ0) is 13.0. The van der Waals surface area contributed by atoms with Crippen LogP contribution in [-0.2, 0) is 0 Å². The molecule has 0 aliphatic heterocycles. The van der Waals surface area contributed by atoms with Gasteiger partial charge in [0, 0.05) is 13.1 Å². The van der Waals surface area contributed by atoms with Crippen molar-refractivity contribution >= 4 is 22.4 Å². The average Bonchev–Trinajstić information content (AvgIpc) is 2.97. The summed E-state index contributed by atoms with van der Waals surface area (Å²) in [6.07, 6.45) is 4.95. The number of carbonyl (C=O) groups is 1. The van der Waals surface area contributed by atoms with Gasteiger partial charge in [-0.3, -0.25) is 4.79 Å². The molecule has 0 radical (unpaired) electrons. The first-order valence-corrected chi connectivity index (χ1v) is 7.30. The molecule has 1 aliphatic carbocycles. The normalized spacial score (nSPS) is 17.7. The minimum absolute atomic E-state index is 0.107. The number of carbonyl (C=O) groups excluding carboxylic acids is 1. The topological polar surface area (TPSA) is 66.9 Å². The van der Waals surface area contributed by atoms with E-state index < -0.39 is 0 Å². The molecule has 0 aromatic carbocycles. The van der Waals surface area contributed by atoms with Crippen LogP contribution in [0.1, 0.15) is 49.3 Å². The third kappa shape index (κ3) is 3.19. The lowest BCUT2D eigenvalue weighted by Crippen LogP contribution is -2.34. The van der Waals surface area contributed by atoms with Crippen LogP contribution in [0.3, 0.4) is 0 Å². The molecule has 0 saturated heterocycles. The Balaban J connectivity index is 1.87. The lowest BCUT2D eigenvalue weighted by atomic mass is 9.89. The molecule has 1 aromatic rings. The van der Waals surface area contributed by atoms with Crippen molar-refractivity contribution in [2.24, 2.45) is 5.41 Å². The zero-order valence-corrected chi connectivity index (χ0v) is 11.8. The largest absolute Gasteiger partial charge is 0.360 e. The predicted octanol–water partition coefficient (Wildman–Crippen LogP) is 2.28. The van der Waals surface area contributed by atoms with E-state index in [0.29, 0.717) is 10.1 Å². The van der Waals surface area contributed by atoms with Gasteiger partial charge in [-0.2, -0.15) is 0 Å². The van der Waals surface area contributed by atoms with Gasteiger partial charge in [0.25, 0.3) is 5.91 Å². The van der Waals surface area contributed by atoms with Crippen LogP contribution in [-0.4, -0.2) is 29.2 Å². The summed E-state index contributed by atoms with van der Waals surface area (Å²) in [5.41, 5.74) is 0.269. The second kappa shape index (κ2) is 5.65. The van der Waals surface area contributed by atoms with Crippen molar-refractivity contribution in [3.05, 3.63) is 5.01 Å². The first-order valence-electron chi connectivity index (χ1n) is 6.48. The average molecular weight is 268 g/mol. The Morgan fingerprint density at radius 2 is 2.11 bits per heavy atom. The molecule has 1 aliphatic rings. The number of hydrogen-bond donors (Lipinski definition) is 2. The molecule has 0 bridgehead atoms. The van der Waals surface area contributed by atoms with Crippen LogP contribution in [0.25, 0.3) is 0 Å². The smallest absolute Gasteiger partial charge is 0.282 e. The van der Waals surface area contributed by atoms with Crippen molar-refractivity contribution in [2.45, 2.75) is 39.5 Å². The molecule has 1 amide bonds. The van der Waals surface area contributed by atoms with Crippen LogP contribution in [0.4, 0.5) is 5.13 Å². The molecule has 0 atom stereocenters. The fourth-order valence-corrected chi connectivity index (χ4v) is 3.04. The highest BCUT2D eigenvalue weighted by molar-refractivity contribution is 7.17. The standard InChI is InChI=1S/C12H20N4OS/c1-3-13-11-16-15-10(18-11)9(17)14-8-12(2)6-4-5-7-12/h3-8H2,1-2H3,(H,13,16)(H,14,17). The Kier molecular flexibility index (Phi) is 4.16. The Labute approximate surface area is 111 Å². The van der Waals surface area contributed by atoms with E-state index in [1.165, 1.54) is 37.0 Å². The third-order valence-corrected chi connectivity index (χ3v) is 4.31. The molecule has 1 fully saturated rings. The van der Waals surface area contributed by atoms with Crippen LogP contribution in [0, 0.1) is 5.41 Å². The summed E-state index contributed by atoms with van der Waals surface area (Å²) in [6, 6.07) is 0. The Hall–Kier alpha value is -1.17. The van der Waals surface area contributed by atoms with Crippen molar-refractivity contribution in [1.82, 2.24) is 15.5 Å². The van der Waals surface area contributed by atoms with Crippen LogP contribution in [0.15, 0.2) is 0 Å². The van der Waals surface area contributed by atoms with E-state index in [1.54, 1.807) is 0 Å². The van der Waals surface area contributed by atoms with Crippen LogP contribution in [0.5, 0.6) is 0 Å². The van der Waals surface area contributed by atoms with Gasteiger partial charge in [0.05, 0.1) is 0 Å². The van der Waals surface area contributed by atoms with Crippen molar-refractivity contribution in [3.63, 3.8) is 0 Å². The number of nitrogens with zero attached hydrogens (tertiary/aromatic N) is 2. The first kappa shape index (κ1) is 13.3. The third-order valence-electron chi connectivity index (χ3n) is 3.43. The van der Waals surface area contributed by atoms with E-state index in [-0.39, 0.29) is 11.3 Å². The molecule has 2 rings (SSSR count). The fraction of sp³-hybridized carbons (Fsp3) is 0.750. The first-order chi connectivity index (χ1) is 8.63. The lowest BCUT2D eigenvalue weighted by Gasteiger charge is -2.23. The van der Waals surface area contributed by atoms with Crippen LogP contribution < -0.4 is 10.6 Å². The van der Waals surface area contributed by atoms with Gasteiger partial charge in [-0.25, -0.2) is 0 Å². The molecule has 1 heterocycles. The second-order valence-electron chi connectivity index (χ2n) is 5.14. The Morgan fingerprint density at radius 3 is 2.78 bits per heavy atom. The zero-order valence-electron chi connectivity index (χ0n) is 11.0. The molecule has 100 valence electrons. The molecular weight excluding hydrogens is 248 g/mol. The van der Waals surface area contributed by atoms with Crippen molar-refractivity contribution < 1.29 is 4.79 Å². The van der Waals surface area contributed by atoms with Crippen LogP contribution >= 0.6 is 11.3 Å². The van der Waals surface area contributed by atoms with E-state index in [0.717, 1.165) is 13.1 Å². The maximum atomic E-state index is 11.9. The summed E-state index contributed by atoms with van der Waals surface area (Å²) in [7, 11) is 0. The van der Waals surface area contributed by atoms with E-state index in [9.17, 15) is 4.79 Å². The van der Waals surface area contributed by atoms with Gasteiger partial charge in [0.1, 0.15) is 0 Å². The molecule has 1 saturated carbocycles. The number of aromatic nitrogens is 2.